The minimum absolute atomic E-state index is 0.00134. The van der Waals surface area contributed by atoms with E-state index >= 15 is 0 Å². The minimum atomic E-state index is -4.06. The van der Waals surface area contributed by atoms with Crippen LogP contribution in [0.1, 0.15) is 29.5 Å². The number of carbonyl (C=O) groups excluding carboxylic acids is 1. The summed E-state index contributed by atoms with van der Waals surface area (Å²) in [5.41, 5.74) is 7.52. The van der Waals surface area contributed by atoms with Gasteiger partial charge in [0, 0.05) is 19.6 Å². The molecule has 4 rings (SSSR count). The first-order chi connectivity index (χ1) is 17.3. The highest BCUT2D eigenvalue weighted by molar-refractivity contribution is 7.93. The van der Waals surface area contributed by atoms with E-state index in [0.29, 0.717) is 18.8 Å². The number of hydrogen-bond acceptors (Lipinski definition) is 6. The summed E-state index contributed by atoms with van der Waals surface area (Å²) in [5.74, 6) is -0.402. The molecule has 1 fully saturated rings. The van der Waals surface area contributed by atoms with Crippen LogP contribution in [0.25, 0.3) is 11.1 Å². The van der Waals surface area contributed by atoms with Crippen LogP contribution >= 0.6 is 0 Å². The Labute approximate surface area is 212 Å². The predicted octanol–water partition coefficient (Wildman–Crippen LogP) is 4.42. The van der Waals surface area contributed by atoms with Gasteiger partial charge in [0.1, 0.15) is 5.75 Å². The van der Waals surface area contributed by atoms with Crippen molar-refractivity contribution in [3.63, 3.8) is 0 Å². The van der Waals surface area contributed by atoms with Gasteiger partial charge in [-0.15, -0.1) is 0 Å². The third-order valence-electron chi connectivity index (χ3n) is 6.89. The van der Waals surface area contributed by atoms with Gasteiger partial charge < -0.3 is 9.47 Å². The van der Waals surface area contributed by atoms with Crippen molar-refractivity contribution in [1.29, 1.82) is 0 Å². The van der Waals surface area contributed by atoms with Crippen molar-refractivity contribution in [1.82, 2.24) is 5.48 Å². The zero-order valence-electron chi connectivity index (χ0n) is 20.5. The summed E-state index contributed by atoms with van der Waals surface area (Å²) in [6, 6.07) is 20.8. The largest absolute Gasteiger partial charge is 0.493 e. The van der Waals surface area contributed by atoms with E-state index in [2.05, 4.69) is 50.2 Å². The average Bonchev–Trinajstić information content (AvgIpc) is 2.90. The zero-order chi connectivity index (χ0) is 25.8. The molecular weight excluding hydrogens is 478 g/mol. The molecule has 7 nitrogen and oxygen atoms in total. The molecule has 1 saturated heterocycles. The standard InChI is InChI=1S/C28H31NO6S/c1-20-6-7-24(18-21(20)2)23-5-3-4-22(19-23)12-15-35-25-8-10-26(11-9-25)36(32,33)28(27(30)29-31)13-16-34-17-14-28/h3-11,18-19,31H,12-17H2,1-2H3,(H,29,30). The van der Waals surface area contributed by atoms with Crippen LogP contribution in [-0.2, 0) is 25.8 Å². The molecule has 8 heteroatoms. The molecule has 0 atom stereocenters. The Morgan fingerprint density at radius 1 is 0.972 bits per heavy atom. The molecule has 190 valence electrons. The van der Waals surface area contributed by atoms with E-state index in [1.165, 1.54) is 34.3 Å². The van der Waals surface area contributed by atoms with Gasteiger partial charge in [-0.05, 0) is 78.8 Å². The van der Waals surface area contributed by atoms with Gasteiger partial charge in [0.25, 0.3) is 5.91 Å². The van der Waals surface area contributed by atoms with E-state index in [4.69, 9.17) is 9.47 Å². The maximum absolute atomic E-state index is 13.3. The van der Waals surface area contributed by atoms with Crippen molar-refractivity contribution >= 4 is 15.7 Å². The molecule has 2 N–H and O–H groups in total. The lowest BCUT2D eigenvalue weighted by molar-refractivity contribution is -0.134. The Morgan fingerprint density at radius 2 is 1.67 bits per heavy atom. The summed E-state index contributed by atoms with van der Waals surface area (Å²) in [6.45, 7) is 4.88. The van der Waals surface area contributed by atoms with Gasteiger partial charge in [0.05, 0.1) is 11.5 Å². The van der Waals surface area contributed by atoms with Gasteiger partial charge in [0.2, 0.25) is 0 Å². The van der Waals surface area contributed by atoms with Crippen LogP contribution < -0.4 is 10.2 Å². The number of benzene rings is 3. The van der Waals surface area contributed by atoms with E-state index < -0.39 is 20.5 Å². The lowest BCUT2D eigenvalue weighted by Crippen LogP contribution is -2.54. The number of carbonyl (C=O) groups is 1. The Balaban J connectivity index is 1.42. The highest BCUT2D eigenvalue weighted by atomic mass is 32.2. The second-order valence-corrected chi connectivity index (χ2v) is 11.4. The molecule has 0 aliphatic carbocycles. The number of aryl methyl sites for hydroxylation is 2. The Hall–Kier alpha value is -3.20. The quantitative estimate of drug-likeness (QED) is 0.344. The molecule has 0 bridgehead atoms. The molecule has 3 aromatic rings. The number of amides is 1. The van der Waals surface area contributed by atoms with Crippen molar-refractivity contribution in [3.05, 3.63) is 83.4 Å². The van der Waals surface area contributed by atoms with Crippen LogP contribution in [-0.4, -0.2) is 44.1 Å². The lowest BCUT2D eigenvalue weighted by Gasteiger charge is -2.34. The van der Waals surface area contributed by atoms with E-state index in [1.54, 1.807) is 12.1 Å². The maximum Gasteiger partial charge on any atom is 0.265 e. The molecule has 1 amide bonds. The second kappa shape index (κ2) is 10.8. The number of hydrogen-bond donors (Lipinski definition) is 2. The molecule has 0 radical (unpaired) electrons. The van der Waals surface area contributed by atoms with Crippen molar-refractivity contribution in [2.24, 2.45) is 0 Å². The zero-order valence-corrected chi connectivity index (χ0v) is 21.3. The van der Waals surface area contributed by atoms with Gasteiger partial charge >= 0.3 is 0 Å². The summed E-state index contributed by atoms with van der Waals surface area (Å²) in [5, 5.41) is 9.18. The summed E-state index contributed by atoms with van der Waals surface area (Å²) in [7, 11) is -4.06. The van der Waals surface area contributed by atoms with Gasteiger partial charge in [-0.1, -0.05) is 42.5 Å². The third-order valence-corrected chi connectivity index (χ3v) is 9.41. The highest BCUT2D eigenvalue weighted by Crippen LogP contribution is 2.35. The maximum atomic E-state index is 13.3. The van der Waals surface area contributed by atoms with Gasteiger partial charge in [-0.2, -0.15) is 0 Å². The number of ether oxygens (including phenoxy) is 2. The molecule has 0 aromatic heterocycles. The minimum Gasteiger partial charge on any atom is -0.493 e. The molecule has 1 aliphatic heterocycles. The predicted molar refractivity (Wildman–Crippen MR) is 137 cm³/mol. The molecule has 36 heavy (non-hydrogen) atoms. The van der Waals surface area contributed by atoms with Gasteiger partial charge in [-0.3, -0.25) is 10.0 Å². The van der Waals surface area contributed by atoms with E-state index in [1.807, 2.05) is 6.07 Å². The van der Waals surface area contributed by atoms with Crippen LogP contribution in [0.3, 0.4) is 0 Å². The average molecular weight is 510 g/mol. The first-order valence-electron chi connectivity index (χ1n) is 11.9. The van der Waals surface area contributed by atoms with Crippen LogP contribution in [0, 0.1) is 13.8 Å². The fourth-order valence-corrected chi connectivity index (χ4v) is 6.41. The Bertz CT molecular complexity index is 1330. The number of rotatable bonds is 8. The van der Waals surface area contributed by atoms with Crippen LogP contribution in [0.5, 0.6) is 5.75 Å². The topological polar surface area (TPSA) is 102 Å². The first-order valence-corrected chi connectivity index (χ1v) is 13.4. The molecule has 0 spiro atoms. The fraction of sp³-hybridized carbons (Fsp3) is 0.321. The fourth-order valence-electron chi connectivity index (χ4n) is 4.48. The Kier molecular flexibility index (Phi) is 7.78. The molecule has 0 unspecified atom stereocenters. The van der Waals surface area contributed by atoms with Crippen molar-refractivity contribution < 1.29 is 27.9 Å². The first kappa shape index (κ1) is 25.9. The molecule has 1 heterocycles. The summed E-state index contributed by atoms with van der Waals surface area (Å²) in [4.78, 5) is 12.4. The van der Waals surface area contributed by atoms with E-state index in [-0.39, 0.29) is 31.0 Å². The van der Waals surface area contributed by atoms with E-state index in [9.17, 15) is 18.4 Å². The second-order valence-electron chi connectivity index (χ2n) is 9.12. The summed E-state index contributed by atoms with van der Waals surface area (Å²) >= 11 is 0. The van der Waals surface area contributed by atoms with Crippen molar-refractivity contribution in [3.8, 4) is 16.9 Å². The van der Waals surface area contributed by atoms with Crippen LogP contribution in [0.2, 0.25) is 0 Å². The number of hydroxylamine groups is 1. The SMILES string of the molecule is Cc1ccc(-c2cccc(CCOc3ccc(S(=O)(=O)C4(C(=O)NO)CCOCC4)cc3)c2)cc1C. The van der Waals surface area contributed by atoms with Gasteiger partial charge in [0.15, 0.2) is 14.6 Å². The highest BCUT2D eigenvalue weighted by Gasteiger charge is 2.52. The van der Waals surface area contributed by atoms with E-state index in [0.717, 1.165) is 11.1 Å². The Morgan fingerprint density at radius 3 is 2.33 bits per heavy atom. The van der Waals surface area contributed by atoms with Crippen LogP contribution in [0.4, 0.5) is 0 Å². The van der Waals surface area contributed by atoms with Crippen LogP contribution in [0.15, 0.2) is 71.6 Å². The smallest absolute Gasteiger partial charge is 0.265 e. The van der Waals surface area contributed by atoms with Crippen molar-refractivity contribution in [2.45, 2.75) is 42.8 Å². The number of nitrogens with one attached hydrogen (secondary N) is 1. The number of sulfone groups is 1. The normalized spacial score (nSPS) is 15.3. The molecule has 0 saturated carbocycles. The molecule has 3 aromatic carbocycles. The monoisotopic (exact) mass is 509 g/mol. The summed E-state index contributed by atoms with van der Waals surface area (Å²) < 4.78 is 36.0. The molecular formula is C28H31NO6S. The lowest BCUT2D eigenvalue weighted by atomic mass is 9.98. The summed E-state index contributed by atoms with van der Waals surface area (Å²) in [6.07, 6.45) is 0.640. The van der Waals surface area contributed by atoms with Gasteiger partial charge in [-0.25, -0.2) is 13.9 Å². The van der Waals surface area contributed by atoms with Crippen molar-refractivity contribution in [2.75, 3.05) is 19.8 Å². The molecule has 1 aliphatic rings. The third kappa shape index (κ3) is 5.16.